The third kappa shape index (κ3) is 3.04. The minimum Gasteiger partial charge on any atom is -0.312 e. The molecule has 1 saturated heterocycles. The Balaban J connectivity index is 1.53. The molecule has 2 heterocycles. The van der Waals surface area contributed by atoms with E-state index in [4.69, 9.17) is 0 Å². The molecule has 2 aliphatic heterocycles. The van der Waals surface area contributed by atoms with Gasteiger partial charge in [0.15, 0.2) is 0 Å². The zero-order chi connectivity index (χ0) is 18.1. The summed E-state index contributed by atoms with van der Waals surface area (Å²) in [6.07, 6.45) is 2.30. The van der Waals surface area contributed by atoms with E-state index in [9.17, 15) is 13.2 Å². The molecule has 2 aromatic rings. The van der Waals surface area contributed by atoms with Crippen LogP contribution in [0.3, 0.4) is 0 Å². The third-order valence-corrected chi connectivity index (χ3v) is 7.15. The number of fused-ring (bicyclic) bond motifs is 1. The van der Waals surface area contributed by atoms with Crippen LogP contribution in [0.1, 0.15) is 18.4 Å². The number of hydrogen-bond donors (Lipinski definition) is 0. The zero-order valence-electron chi connectivity index (χ0n) is 14.5. The minimum absolute atomic E-state index is 0.0444. The second kappa shape index (κ2) is 6.85. The number of amides is 1. The Labute approximate surface area is 154 Å². The van der Waals surface area contributed by atoms with Gasteiger partial charge in [0, 0.05) is 25.3 Å². The summed E-state index contributed by atoms with van der Waals surface area (Å²) >= 11 is 0. The lowest BCUT2D eigenvalue weighted by Gasteiger charge is -2.33. The van der Waals surface area contributed by atoms with E-state index in [0.29, 0.717) is 24.4 Å². The number of carbonyl (C=O) groups is 1. The molecule has 6 heteroatoms. The molecule has 136 valence electrons. The van der Waals surface area contributed by atoms with Crippen LogP contribution in [0, 0.1) is 5.92 Å². The summed E-state index contributed by atoms with van der Waals surface area (Å²) in [5, 5.41) is 0. The topological polar surface area (TPSA) is 57.7 Å². The Morgan fingerprint density at radius 1 is 0.962 bits per heavy atom. The number of anilines is 1. The number of piperidine rings is 1. The first kappa shape index (κ1) is 17.2. The Hall–Kier alpha value is -2.18. The SMILES string of the molecule is O=C([C@H]1CCCN(S(=O)(=O)c2ccccc2)C1)N1CCc2ccccc21. The highest BCUT2D eigenvalue weighted by molar-refractivity contribution is 7.89. The van der Waals surface area contributed by atoms with Crippen molar-refractivity contribution in [1.29, 1.82) is 0 Å². The number of hydrogen-bond acceptors (Lipinski definition) is 3. The van der Waals surface area contributed by atoms with Crippen molar-refractivity contribution < 1.29 is 13.2 Å². The van der Waals surface area contributed by atoms with E-state index in [-0.39, 0.29) is 18.4 Å². The van der Waals surface area contributed by atoms with Crippen molar-refractivity contribution in [2.45, 2.75) is 24.2 Å². The van der Waals surface area contributed by atoms with E-state index in [2.05, 4.69) is 6.07 Å². The number of para-hydroxylation sites is 1. The summed E-state index contributed by atoms with van der Waals surface area (Å²) in [6, 6.07) is 16.4. The van der Waals surface area contributed by atoms with E-state index >= 15 is 0 Å². The maximum absolute atomic E-state index is 13.1. The summed E-state index contributed by atoms with van der Waals surface area (Å²) in [5.41, 5.74) is 2.16. The first-order valence-corrected chi connectivity index (χ1v) is 10.5. The largest absolute Gasteiger partial charge is 0.312 e. The van der Waals surface area contributed by atoms with Crippen LogP contribution in [0.2, 0.25) is 0 Å². The smallest absolute Gasteiger partial charge is 0.243 e. The Kier molecular flexibility index (Phi) is 4.54. The monoisotopic (exact) mass is 370 g/mol. The number of carbonyl (C=O) groups excluding carboxylic acids is 1. The summed E-state index contributed by atoms with van der Waals surface area (Å²) in [6.45, 7) is 1.41. The highest BCUT2D eigenvalue weighted by Gasteiger charge is 2.36. The number of sulfonamides is 1. The maximum Gasteiger partial charge on any atom is 0.243 e. The predicted molar refractivity (Wildman–Crippen MR) is 100 cm³/mol. The molecule has 0 unspecified atom stereocenters. The fourth-order valence-electron chi connectivity index (χ4n) is 3.89. The first-order chi connectivity index (χ1) is 12.6. The lowest BCUT2D eigenvalue weighted by atomic mass is 9.98. The highest BCUT2D eigenvalue weighted by Crippen LogP contribution is 2.31. The van der Waals surface area contributed by atoms with Crippen LogP contribution in [-0.4, -0.2) is 38.3 Å². The van der Waals surface area contributed by atoms with Crippen LogP contribution in [0.4, 0.5) is 5.69 Å². The molecule has 5 nitrogen and oxygen atoms in total. The van der Waals surface area contributed by atoms with Gasteiger partial charge in [0.1, 0.15) is 0 Å². The molecule has 0 radical (unpaired) electrons. The van der Waals surface area contributed by atoms with Crippen molar-refractivity contribution in [2.24, 2.45) is 5.92 Å². The third-order valence-electron chi connectivity index (χ3n) is 5.27. The van der Waals surface area contributed by atoms with Gasteiger partial charge < -0.3 is 4.90 Å². The molecule has 0 saturated carbocycles. The van der Waals surface area contributed by atoms with Crippen molar-refractivity contribution in [2.75, 3.05) is 24.5 Å². The number of benzene rings is 2. The van der Waals surface area contributed by atoms with E-state index in [1.54, 1.807) is 30.3 Å². The van der Waals surface area contributed by atoms with Crippen molar-refractivity contribution in [3.63, 3.8) is 0 Å². The van der Waals surface area contributed by atoms with Crippen molar-refractivity contribution in [1.82, 2.24) is 4.31 Å². The molecular weight excluding hydrogens is 348 g/mol. The van der Waals surface area contributed by atoms with E-state index in [1.807, 2.05) is 23.1 Å². The van der Waals surface area contributed by atoms with Gasteiger partial charge in [-0.25, -0.2) is 8.42 Å². The van der Waals surface area contributed by atoms with Crippen LogP contribution in [0.5, 0.6) is 0 Å². The molecule has 2 aromatic carbocycles. The van der Waals surface area contributed by atoms with Gasteiger partial charge in [0.05, 0.1) is 10.8 Å². The van der Waals surface area contributed by atoms with Gasteiger partial charge in [0.25, 0.3) is 0 Å². The van der Waals surface area contributed by atoms with Gasteiger partial charge in [-0.1, -0.05) is 36.4 Å². The van der Waals surface area contributed by atoms with Gasteiger partial charge >= 0.3 is 0 Å². The molecule has 1 atom stereocenters. The van der Waals surface area contributed by atoms with Crippen LogP contribution >= 0.6 is 0 Å². The average molecular weight is 370 g/mol. The average Bonchev–Trinajstić information content (AvgIpc) is 3.12. The summed E-state index contributed by atoms with van der Waals surface area (Å²) in [7, 11) is -3.55. The Bertz CT molecular complexity index is 912. The van der Waals surface area contributed by atoms with Crippen LogP contribution < -0.4 is 4.90 Å². The molecule has 4 rings (SSSR count). The van der Waals surface area contributed by atoms with Gasteiger partial charge in [0.2, 0.25) is 15.9 Å². The van der Waals surface area contributed by atoms with Crippen molar-refractivity contribution >= 4 is 21.6 Å². The molecule has 0 bridgehead atoms. The maximum atomic E-state index is 13.1. The predicted octanol–water partition coefficient (Wildman–Crippen LogP) is 2.68. The molecule has 26 heavy (non-hydrogen) atoms. The fraction of sp³-hybridized carbons (Fsp3) is 0.350. The molecule has 0 spiro atoms. The minimum atomic E-state index is -3.55. The quantitative estimate of drug-likeness (QED) is 0.835. The van der Waals surface area contributed by atoms with E-state index in [1.165, 1.54) is 9.87 Å². The molecule has 0 aromatic heterocycles. The second-order valence-electron chi connectivity index (χ2n) is 6.88. The standard InChI is InChI=1S/C20H22N2O3S/c23-20(22-14-12-16-7-4-5-11-19(16)22)17-8-6-13-21(15-17)26(24,25)18-9-2-1-3-10-18/h1-5,7,9-11,17H,6,8,12-15H2/t17-/m0/s1. The van der Waals surface area contributed by atoms with Gasteiger partial charge in [-0.05, 0) is 43.0 Å². The number of rotatable bonds is 3. The van der Waals surface area contributed by atoms with Crippen LogP contribution in [0.25, 0.3) is 0 Å². The molecule has 1 fully saturated rings. The van der Waals surface area contributed by atoms with Crippen molar-refractivity contribution in [3.8, 4) is 0 Å². The Morgan fingerprint density at radius 2 is 1.69 bits per heavy atom. The van der Waals surface area contributed by atoms with Gasteiger partial charge in [-0.2, -0.15) is 4.31 Å². The lowest BCUT2D eigenvalue weighted by Crippen LogP contribution is -2.46. The number of nitrogens with zero attached hydrogens (tertiary/aromatic N) is 2. The molecule has 1 amide bonds. The molecule has 2 aliphatic rings. The van der Waals surface area contributed by atoms with Gasteiger partial charge in [-0.3, -0.25) is 4.79 Å². The normalized spacial score (nSPS) is 20.8. The van der Waals surface area contributed by atoms with Crippen LogP contribution in [-0.2, 0) is 21.2 Å². The van der Waals surface area contributed by atoms with E-state index in [0.717, 1.165) is 18.5 Å². The molecule has 0 N–H and O–H groups in total. The van der Waals surface area contributed by atoms with Crippen LogP contribution in [0.15, 0.2) is 59.5 Å². The van der Waals surface area contributed by atoms with Crippen molar-refractivity contribution in [3.05, 3.63) is 60.2 Å². The molecule has 0 aliphatic carbocycles. The Morgan fingerprint density at radius 3 is 2.50 bits per heavy atom. The molecular formula is C20H22N2O3S. The first-order valence-electron chi connectivity index (χ1n) is 9.02. The lowest BCUT2D eigenvalue weighted by molar-refractivity contribution is -0.123. The fourth-order valence-corrected chi connectivity index (χ4v) is 5.44. The van der Waals surface area contributed by atoms with E-state index < -0.39 is 10.0 Å². The van der Waals surface area contributed by atoms with Gasteiger partial charge in [-0.15, -0.1) is 0 Å². The summed E-state index contributed by atoms with van der Waals surface area (Å²) in [4.78, 5) is 15.2. The summed E-state index contributed by atoms with van der Waals surface area (Å²) < 4.78 is 27.2. The highest BCUT2D eigenvalue weighted by atomic mass is 32.2. The summed E-state index contributed by atoms with van der Waals surface area (Å²) in [5.74, 6) is -0.240. The second-order valence-corrected chi connectivity index (χ2v) is 8.82. The zero-order valence-corrected chi connectivity index (χ0v) is 15.4.